The van der Waals surface area contributed by atoms with Gasteiger partial charge in [-0.2, -0.15) is 0 Å². The van der Waals surface area contributed by atoms with Gasteiger partial charge < -0.3 is 14.4 Å². The first-order valence-corrected chi connectivity index (χ1v) is 12.4. The lowest BCUT2D eigenvalue weighted by Gasteiger charge is -2.33. The highest BCUT2D eigenvalue weighted by atomic mass is 16.5. The number of hydrogen-bond donors (Lipinski definition) is 0. The van der Waals surface area contributed by atoms with E-state index in [0.29, 0.717) is 23.9 Å². The van der Waals surface area contributed by atoms with Gasteiger partial charge in [-0.15, -0.1) is 0 Å². The summed E-state index contributed by atoms with van der Waals surface area (Å²) in [6, 6.07) is 15.6. The number of aromatic nitrogens is 2. The summed E-state index contributed by atoms with van der Waals surface area (Å²) in [5, 5.41) is 0. The van der Waals surface area contributed by atoms with Crippen LogP contribution in [0, 0.1) is 0 Å². The number of methoxy groups -OCH3 is 1. The maximum atomic E-state index is 13.7. The van der Waals surface area contributed by atoms with E-state index < -0.39 is 0 Å². The minimum absolute atomic E-state index is 0.0526. The first kappa shape index (κ1) is 23.3. The molecule has 5 rings (SSSR count). The molecule has 3 heterocycles. The Morgan fingerprint density at radius 2 is 1.69 bits per heavy atom. The van der Waals surface area contributed by atoms with E-state index in [0.717, 1.165) is 55.8 Å². The Kier molecular flexibility index (Phi) is 7.23. The molecule has 0 N–H and O–H groups in total. The van der Waals surface area contributed by atoms with Gasteiger partial charge in [0.25, 0.3) is 5.91 Å². The maximum absolute atomic E-state index is 13.7. The van der Waals surface area contributed by atoms with Crippen LogP contribution >= 0.6 is 0 Å². The van der Waals surface area contributed by atoms with Gasteiger partial charge in [0.05, 0.1) is 7.11 Å². The van der Waals surface area contributed by atoms with Gasteiger partial charge in [-0.05, 0) is 62.5 Å². The number of nitrogens with zero attached hydrogens (tertiary/aromatic N) is 4. The number of benzene rings is 2. The van der Waals surface area contributed by atoms with E-state index >= 15 is 0 Å². The van der Waals surface area contributed by atoms with Crippen molar-refractivity contribution in [2.45, 2.75) is 38.1 Å². The van der Waals surface area contributed by atoms with Crippen LogP contribution in [0.5, 0.6) is 17.4 Å². The van der Waals surface area contributed by atoms with Gasteiger partial charge >= 0.3 is 0 Å². The summed E-state index contributed by atoms with van der Waals surface area (Å²) >= 11 is 0. The third-order valence-corrected chi connectivity index (χ3v) is 6.90. The van der Waals surface area contributed by atoms with Crippen LogP contribution in [0.1, 0.15) is 53.2 Å². The standard InChI is InChI=1S/C28H32N4O3/c1-34-24-12-4-5-13-25(24)35-27-26(29-14-15-30-27)22-10-8-18-32(20-22)28(33)23-11-3-2-9-21(23)19-31-16-6-7-17-31/h2-5,9,11-15,22H,6-8,10,16-20H2,1H3. The summed E-state index contributed by atoms with van der Waals surface area (Å²) in [6.45, 7) is 4.39. The molecule has 0 spiro atoms. The molecule has 0 bridgehead atoms. The molecule has 0 saturated carbocycles. The smallest absolute Gasteiger partial charge is 0.254 e. The molecule has 35 heavy (non-hydrogen) atoms. The van der Waals surface area contributed by atoms with Crippen molar-refractivity contribution in [3.05, 3.63) is 77.7 Å². The molecule has 182 valence electrons. The minimum atomic E-state index is 0.0526. The Morgan fingerprint density at radius 3 is 2.51 bits per heavy atom. The molecule has 1 unspecified atom stereocenters. The van der Waals surface area contributed by atoms with Crippen molar-refractivity contribution in [1.29, 1.82) is 0 Å². The second-order valence-electron chi connectivity index (χ2n) is 9.23. The summed E-state index contributed by atoms with van der Waals surface area (Å²) in [4.78, 5) is 27.2. The number of likely N-dealkylation sites (tertiary alicyclic amines) is 2. The lowest BCUT2D eigenvalue weighted by molar-refractivity contribution is 0.0702. The zero-order valence-corrected chi connectivity index (χ0v) is 20.2. The Hall–Kier alpha value is -3.45. The SMILES string of the molecule is COc1ccccc1Oc1nccnc1C1CCCN(C(=O)c2ccccc2CN2CCCC2)C1. The molecule has 2 aliphatic rings. The van der Waals surface area contributed by atoms with E-state index in [1.807, 2.05) is 47.4 Å². The first-order valence-electron chi connectivity index (χ1n) is 12.4. The van der Waals surface area contributed by atoms with Gasteiger partial charge in [-0.3, -0.25) is 14.7 Å². The van der Waals surface area contributed by atoms with Crippen molar-refractivity contribution in [3.8, 4) is 17.4 Å². The third-order valence-electron chi connectivity index (χ3n) is 6.90. The molecule has 3 aromatic rings. The average Bonchev–Trinajstić information content (AvgIpc) is 3.42. The molecule has 7 heteroatoms. The topological polar surface area (TPSA) is 67.8 Å². The predicted octanol–water partition coefficient (Wildman–Crippen LogP) is 4.89. The molecule has 2 aromatic carbocycles. The van der Waals surface area contributed by atoms with E-state index in [-0.39, 0.29) is 11.8 Å². The lowest BCUT2D eigenvalue weighted by Crippen LogP contribution is -2.40. The van der Waals surface area contributed by atoms with E-state index in [2.05, 4.69) is 20.9 Å². The normalized spacial score (nSPS) is 18.4. The van der Waals surface area contributed by atoms with Crippen LogP contribution in [0.3, 0.4) is 0 Å². The van der Waals surface area contributed by atoms with Crippen LogP contribution in [0.2, 0.25) is 0 Å². The molecule has 2 saturated heterocycles. The van der Waals surface area contributed by atoms with Crippen molar-refractivity contribution in [3.63, 3.8) is 0 Å². The van der Waals surface area contributed by atoms with Gasteiger partial charge in [-0.1, -0.05) is 30.3 Å². The Labute approximate surface area is 206 Å². The van der Waals surface area contributed by atoms with Crippen LogP contribution < -0.4 is 9.47 Å². The van der Waals surface area contributed by atoms with Crippen LogP contribution in [-0.4, -0.2) is 59.0 Å². The molecule has 1 atom stereocenters. The average molecular weight is 473 g/mol. The molecule has 1 amide bonds. The number of para-hydroxylation sites is 2. The van der Waals surface area contributed by atoms with Gasteiger partial charge in [0, 0.05) is 43.5 Å². The van der Waals surface area contributed by atoms with E-state index in [9.17, 15) is 4.79 Å². The van der Waals surface area contributed by atoms with Gasteiger partial charge in [0.2, 0.25) is 5.88 Å². The molecule has 2 aliphatic heterocycles. The van der Waals surface area contributed by atoms with E-state index in [1.54, 1.807) is 19.5 Å². The molecule has 7 nitrogen and oxygen atoms in total. The van der Waals surface area contributed by atoms with Crippen molar-refractivity contribution < 1.29 is 14.3 Å². The second kappa shape index (κ2) is 10.9. The molecular formula is C28H32N4O3. The monoisotopic (exact) mass is 472 g/mol. The molecule has 1 aromatic heterocycles. The van der Waals surface area contributed by atoms with Crippen LogP contribution in [0.15, 0.2) is 60.9 Å². The van der Waals surface area contributed by atoms with Crippen molar-refractivity contribution in [2.75, 3.05) is 33.3 Å². The summed E-state index contributed by atoms with van der Waals surface area (Å²) in [7, 11) is 1.62. The van der Waals surface area contributed by atoms with Crippen LogP contribution in [-0.2, 0) is 6.54 Å². The number of ether oxygens (including phenoxy) is 2. The lowest BCUT2D eigenvalue weighted by atomic mass is 9.93. The highest BCUT2D eigenvalue weighted by Crippen LogP contribution is 2.36. The number of amides is 1. The summed E-state index contributed by atoms with van der Waals surface area (Å²) in [6.07, 6.45) is 7.64. The number of carbonyl (C=O) groups is 1. The Bertz CT molecular complexity index is 1160. The summed E-state index contributed by atoms with van der Waals surface area (Å²) < 4.78 is 11.6. The fourth-order valence-corrected chi connectivity index (χ4v) is 5.11. The zero-order valence-electron chi connectivity index (χ0n) is 20.2. The molecule has 0 radical (unpaired) electrons. The number of rotatable bonds is 7. The largest absolute Gasteiger partial charge is 0.493 e. The first-order chi connectivity index (χ1) is 17.2. The summed E-state index contributed by atoms with van der Waals surface area (Å²) in [5.74, 6) is 1.85. The fourth-order valence-electron chi connectivity index (χ4n) is 5.11. The Morgan fingerprint density at radius 1 is 0.943 bits per heavy atom. The predicted molar refractivity (Wildman–Crippen MR) is 134 cm³/mol. The minimum Gasteiger partial charge on any atom is -0.493 e. The van der Waals surface area contributed by atoms with Crippen LogP contribution in [0.4, 0.5) is 0 Å². The number of carbonyl (C=O) groups excluding carboxylic acids is 1. The summed E-state index contributed by atoms with van der Waals surface area (Å²) in [5.41, 5.74) is 2.70. The van der Waals surface area contributed by atoms with E-state index in [4.69, 9.17) is 9.47 Å². The van der Waals surface area contributed by atoms with Gasteiger partial charge in [0.1, 0.15) is 5.69 Å². The van der Waals surface area contributed by atoms with E-state index in [1.165, 1.54) is 12.8 Å². The van der Waals surface area contributed by atoms with Crippen LogP contribution in [0.25, 0.3) is 0 Å². The fraction of sp³-hybridized carbons (Fsp3) is 0.393. The second-order valence-corrected chi connectivity index (χ2v) is 9.23. The van der Waals surface area contributed by atoms with Crippen molar-refractivity contribution in [1.82, 2.24) is 19.8 Å². The quantitative estimate of drug-likeness (QED) is 0.488. The number of hydrogen-bond acceptors (Lipinski definition) is 6. The maximum Gasteiger partial charge on any atom is 0.254 e. The third kappa shape index (κ3) is 5.30. The molecular weight excluding hydrogens is 440 g/mol. The highest BCUT2D eigenvalue weighted by Gasteiger charge is 2.30. The molecule has 0 aliphatic carbocycles. The number of piperidine rings is 1. The van der Waals surface area contributed by atoms with Gasteiger partial charge in [0.15, 0.2) is 11.5 Å². The highest BCUT2D eigenvalue weighted by molar-refractivity contribution is 5.95. The molecule has 2 fully saturated rings. The Balaban J connectivity index is 1.35. The zero-order chi connectivity index (χ0) is 24.0. The van der Waals surface area contributed by atoms with Gasteiger partial charge in [-0.25, -0.2) is 4.98 Å². The van der Waals surface area contributed by atoms with Crippen molar-refractivity contribution >= 4 is 5.91 Å². The van der Waals surface area contributed by atoms with Crippen molar-refractivity contribution in [2.24, 2.45) is 0 Å².